The standard InChI is InChI=1S/C24H20N6/c1-3-13-25-21(5-1)23-11-15-27-29(23)17-19-7-9-20(10-8-19)18-30-24(12-16-28-30)22-6-2-4-14-26-22/h1-16H,17-18H2. The first kappa shape index (κ1) is 18.0. The van der Waals surface area contributed by atoms with Gasteiger partial charge in [-0.3, -0.25) is 19.3 Å². The number of pyridine rings is 2. The van der Waals surface area contributed by atoms with Crippen LogP contribution in [0, 0.1) is 0 Å². The Kier molecular flexibility index (Phi) is 4.88. The minimum absolute atomic E-state index is 0.695. The Morgan fingerprint density at radius 2 is 0.967 bits per heavy atom. The van der Waals surface area contributed by atoms with Gasteiger partial charge in [0.05, 0.1) is 35.9 Å². The van der Waals surface area contributed by atoms with Crippen LogP contribution in [0.2, 0.25) is 0 Å². The number of nitrogens with zero attached hydrogens (tertiary/aromatic N) is 6. The predicted molar refractivity (Wildman–Crippen MR) is 116 cm³/mol. The largest absolute Gasteiger partial charge is 0.259 e. The lowest BCUT2D eigenvalue weighted by atomic mass is 10.1. The maximum atomic E-state index is 4.47. The molecule has 0 aliphatic heterocycles. The van der Waals surface area contributed by atoms with Gasteiger partial charge in [0.1, 0.15) is 0 Å². The van der Waals surface area contributed by atoms with E-state index in [0.717, 1.165) is 22.8 Å². The highest BCUT2D eigenvalue weighted by molar-refractivity contribution is 5.54. The van der Waals surface area contributed by atoms with Crippen LogP contribution in [0.5, 0.6) is 0 Å². The summed E-state index contributed by atoms with van der Waals surface area (Å²) in [6.07, 6.45) is 7.23. The molecule has 0 aliphatic rings. The second-order valence-corrected chi connectivity index (χ2v) is 6.99. The lowest BCUT2D eigenvalue weighted by Crippen LogP contribution is -2.06. The minimum atomic E-state index is 0.695. The van der Waals surface area contributed by atoms with Crippen molar-refractivity contribution in [3.05, 3.63) is 109 Å². The van der Waals surface area contributed by atoms with Crippen molar-refractivity contribution in [2.24, 2.45) is 0 Å². The summed E-state index contributed by atoms with van der Waals surface area (Å²) in [7, 11) is 0. The fourth-order valence-corrected chi connectivity index (χ4v) is 3.48. The summed E-state index contributed by atoms with van der Waals surface area (Å²) in [5.41, 5.74) is 6.24. The zero-order valence-electron chi connectivity index (χ0n) is 16.3. The van der Waals surface area contributed by atoms with E-state index < -0.39 is 0 Å². The Morgan fingerprint density at radius 3 is 1.37 bits per heavy atom. The van der Waals surface area contributed by atoms with E-state index in [2.05, 4.69) is 44.4 Å². The molecule has 0 saturated heterocycles. The van der Waals surface area contributed by atoms with Gasteiger partial charge in [-0.05, 0) is 47.5 Å². The number of benzene rings is 1. The van der Waals surface area contributed by atoms with E-state index in [-0.39, 0.29) is 0 Å². The third-order valence-corrected chi connectivity index (χ3v) is 4.98. The third-order valence-electron chi connectivity index (χ3n) is 4.98. The molecule has 4 heterocycles. The summed E-state index contributed by atoms with van der Waals surface area (Å²) < 4.78 is 3.95. The summed E-state index contributed by atoms with van der Waals surface area (Å²) >= 11 is 0. The van der Waals surface area contributed by atoms with Crippen LogP contribution in [0.4, 0.5) is 0 Å². The van der Waals surface area contributed by atoms with Crippen LogP contribution in [-0.4, -0.2) is 29.5 Å². The van der Waals surface area contributed by atoms with Crippen LogP contribution in [0.15, 0.2) is 97.6 Å². The molecule has 146 valence electrons. The molecule has 0 bridgehead atoms. The molecule has 0 unspecified atom stereocenters. The van der Waals surface area contributed by atoms with Crippen molar-refractivity contribution in [1.29, 1.82) is 0 Å². The average Bonchev–Trinajstić information content (AvgIpc) is 3.46. The van der Waals surface area contributed by atoms with Crippen molar-refractivity contribution in [2.45, 2.75) is 13.1 Å². The van der Waals surface area contributed by atoms with E-state index in [0.29, 0.717) is 13.1 Å². The topological polar surface area (TPSA) is 61.4 Å². The molecule has 0 amide bonds. The molecule has 5 rings (SSSR count). The normalized spacial score (nSPS) is 10.9. The second kappa shape index (κ2) is 8.13. The Morgan fingerprint density at radius 1 is 0.500 bits per heavy atom. The fourth-order valence-electron chi connectivity index (χ4n) is 3.48. The van der Waals surface area contributed by atoms with Crippen molar-refractivity contribution in [3.63, 3.8) is 0 Å². The Bertz CT molecular complexity index is 1120. The van der Waals surface area contributed by atoms with Crippen LogP contribution >= 0.6 is 0 Å². The zero-order chi connectivity index (χ0) is 20.2. The average molecular weight is 392 g/mol. The molecule has 1 aromatic carbocycles. The van der Waals surface area contributed by atoms with E-state index in [9.17, 15) is 0 Å². The molecule has 5 aromatic rings. The van der Waals surface area contributed by atoms with Gasteiger partial charge in [0.25, 0.3) is 0 Å². The van der Waals surface area contributed by atoms with Gasteiger partial charge in [-0.1, -0.05) is 36.4 Å². The van der Waals surface area contributed by atoms with E-state index in [1.165, 1.54) is 11.1 Å². The van der Waals surface area contributed by atoms with Crippen LogP contribution < -0.4 is 0 Å². The molecule has 0 radical (unpaired) electrons. The monoisotopic (exact) mass is 392 g/mol. The minimum Gasteiger partial charge on any atom is -0.259 e. The lowest BCUT2D eigenvalue weighted by molar-refractivity contribution is 0.684. The first-order valence-electron chi connectivity index (χ1n) is 9.81. The second-order valence-electron chi connectivity index (χ2n) is 6.99. The molecule has 0 fully saturated rings. The summed E-state index contributed by atoms with van der Waals surface area (Å²) in [5, 5.41) is 8.94. The maximum absolute atomic E-state index is 4.47. The first-order valence-corrected chi connectivity index (χ1v) is 9.81. The number of rotatable bonds is 6. The van der Waals surface area contributed by atoms with E-state index in [4.69, 9.17) is 0 Å². The molecule has 0 N–H and O–H groups in total. The molecule has 0 saturated carbocycles. The molecular formula is C24H20N6. The van der Waals surface area contributed by atoms with Gasteiger partial charge < -0.3 is 0 Å². The quantitative estimate of drug-likeness (QED) is 0.432. The molecule has 6 heteroatoms. The van der Waals surface area contributed by atoms with Crippen LogP contribution in [-0.2, 0) is 13.1 Å². The van der Waals surface area contributed by atoms with Crippen LogP contribution in [0.1, 0.15) is 11.1 Å². The van der Waals surface area contributed by atoms with Crippen LogP contribution in [0.3, 0.4) is 0 Å². The maximum Gasteiger partial charge on any atom is 0.0883 e. The van der Waals surface area contributed by atoms with Crippen molar-refractivity contribution >= 4 is 0 Å². The van der Waals surface area contributed by atoms with Gasteiger partial charge >= 0.3 is 0 Å². The number of hydrogen-bond acceptors (Lipinski definition) is 4. The molecule has 0 aliphatic carbocycles. The van der Waals surface area contributed by atoms with Crippen LogP contribution in [0.25, 0.3) is 22.8 Å². The molecule has 30 heavy (non-hydrogen) atoms. The smallest absolute Gasteiger partial charge is 0.0883 e. The van der Waals surface area contributed by atoms with E-state index in [1.807, 2.05) is 70.3 Å². The molecular weight excluding hydrogens is 372 g/mol. The summed E-state index contributed by atoms with van der Waals surface area (Å²) in [5.74, 6) is 0. The van der Waals surface area contributed by atoms with E-state index >= 15 is 0 Å². The Labute approximate surface area is 174 Å². The van der Waals surface area contributed by atoms with Gasteiger partial charge in [0.15, 0.2) is 0 Å². The summed E-state index contributed by atoms with van der Waals surface area (Å²) in [6.45, 7) is 1.39. The van der Waals surface area contributed by atoms with Gasteiger partial charge in [-0.2, -0.15) is 10.2 Å². The van der Waals surface area contributed by atoms with E-state index in [1.54, 1.807) is 12.4 Å². The molecule has 4 aromatic heterocycles. The van der Waals surface area contributed by atoms with Gasteiger partial charge in [0, 0.05) is 24.8 Å². The highest BCUT2D eigenvalue weighted by Gasteiger charge is 2.09. The molecule has 0 spiro atoms. The number of hydrogen-bond donors (Lipinski definition) is 0. The SMILES string of the molecule is c1ccc(-c2ccnn2Cc2ccc(Cn3nccc3-c3ccccn3)cc2)nc1. The van der Waals surface area contributed by atoms with Crippen molar-refractivity contribution in [2.75, 3.05) is 0 Å². The highest BCUT2D eigenvalue weighted by atomic mass is 15.3. The first-order chi connectivity index (χ1) is 14.9. The highest BCUT2D eigenvalue weighted by Crippen LogP contribution is 2.19. The van der Waals surface area contributed by atoms with Gasteiger partial charge in [0.2, 0.25) is 0 Å². The third kappa shape index (κ3) is 3.75. The molecule has 0 atom stereocenters. The lowest BCUT2D eigenvalue weighted by Gasteiger charge is -2.10. The van der Waals surface area contributed by atoms with Crippen molar-refractivity contribution in [1.82, 2.24) is 29.5 Å². The molecule has 6 nitrogen and oxygen atoms in total. The number of aromatic nitrogens is 6. The fraction of sp³-hybridized carbons (Fsp3) is 0.0833. The van der Waals surface area contributed by atoms with Crippen molar-refractivity contribution in [3.8, 4) is 22.8 Å². The van der Waals surface area contributed by atoms with Crippen molar-refractivity contribution < 1.29 is 0 Å². The predicted octanol–water partition coefficient (Wildman–Crippen LogP) is 4.30. The summed E-state index contributed by atoms with van der Waals surface area (Å²) in [4.78, 5) is 8.87. The zero-order valence-corrected chi connectivity index (χ0v) is 16.3. The Hall–Kier alpha value is -4.06. The van der Waals surface area contributed by atoms with Gasteiger partial charge in [-0.25, -0.2) is 0 Å². The van der Waals surface area contributed by atoms with Gasteiger partial charge in [-0.15, -0.1) is 0 Å². The Balaban J connectivity index is 1.32. The summed E-state index contributed by atoms with van der Waals surface area (Å²) in [6, 6.07) is 24.4.